The highest BCUT2D eigenvalue weighted by Crippen LogP contribution is 2.09. The lowest BCUT2D eigenvalue weighted by atomic mass is 10.6. The Morgan fingerprint density at radius 2 is 2.46 bits per heavy atom. The molecule has 1 aromatic rings. The third kappa shape index (κ3) is 2.99. The van der Waals surface area contributed by atoms with Gasteiger partial charge in [-0.1, -0.05) is 11.6 Å². The van der Waals surface area contributed by atoms with Gasteiger partial charge in [-0.05, 0) is 7.05 Å². The molecule has 74 valence electrons. The topological polar surface area (TPSA) is 39.1 Å². The summed E-state index contributed by atoms with van der Waals surface area (Å²) < 4.78 is 7.16. The van der Waals surface area contributed by atoms with Gasteiger partial charge in [0.25, 0.3) is 0 Å². The second-order valence-corrected chi connectivity index (χ2v) is 3.10. The predicted octanol–water partition coefficient (Wildman–Crippen LogP) is 0.809. The molecule has 1 heterocycles. The molecule has 4 nitrogen and oxygen atoms in total. The Hall–Kier alpha value is -0.580. The number of likely N-dealkylation sites (N-methyl/N-ethyl adjacent to an activating group) is 1. The van der Waals surface area contributed by atoms with Crippen molar-refractivity contribution in [3.63, 3.8) is 0 Å². The second-order valence-electron chi connectivity index (χ2n) is 2.71. The predicted molar refractivity (Wildman–Crippen MR) is 51.8 cm³/mol. The lowest BCUT2D eigenvalue weighted by molar-refractivity contribution is 0.117. The number of ether oxygens (including phenoxy) is 1. The van der Waals surface area contributed by atoms with Gasteiger partial charge in [-0.15, -0.1) is 0 Å². The third-order valence-corrected chi connectivity index (χ3v) is 2.11. The zero-order valence-corrected chi connectivity index (χ0v) is 8.64. The molecular weight excluding hydrogens is 190 g/mol. The molecule has 0 spiro atoms. The summed E-state index contributed by atoms with van der Waals surface area (Å²) in [6.07, 6.45) is 1.62. The van der Waals surface area contributed by atoms with Gasteiger partial charge in [0.05, 0.1) is 12.8 Å². The summed E-state index contributed by atoms with van der Waals surface area (Å²) in [5, 5.41) is 3.63. The van der Waals surface area contributed by atoms with Crippen molar-refractivity contribution in [2.45, 2.75) is 6.61 Å². The van der Waals surface area contributed by atoms with Crippen molar-refractivity contribution in [2.24, 2.45) is 7.05 Å². The Bertz CT molecular complexity index is 262. The van der Waals surface area contributed by atoms with Crippen LogP contribution in [0.1, 0.15) is 5.82 Å². The van der Waals surface area contributed by atoms with Gasteiger partial charge < -0.3 is 14.6 Å². The molecule has 0 fully saturated rings. The molecule has 0 saturated heterocycles. The molecule has 1 N–H and O–H groups in total. The van der Waals surface area contributed by atoms with E-state index in [2.05, 4.69) is 10.3 Å². The van der Waals surface area contributed by atoms with E-state index in [1.807, 2.05) is 14.1 Å². The standard InChI is InChI=1S/C8H14ClN3O/c1-10-3-4-13-6-8-11-5-7(9)12(8)2/h5,10H,3-4,6H2,1-2H3. The van der Waals surface area contributed by atoms with Crippen LogP contribution in [0.2, 0.25) is 5.15 Å². The number of hydrogen-bond acceptors (Lipinski definition) is 3. The maximum atomic E-state index is 5.80. The Kier molecular flexibility index (Phi) is 4.21. The Morgan fingerprint density at radius 3 is 3.00 bits per heavy atom. The smallest absolute Gasteiger partial charge is 0.135 e. The van der Waals surface area contributed by atoms with Crippen LogP contribution in [-0.4, -0.2) is 29.8 Å². The van der Waals surface area contributed by atoms with Gasteiger partial charge in [-0.25, -0.2) is 4.98 Å². The van der Waals surface area contributed by atoms with E-state index in [9.17, 15) is 0 Å². The van der Waals surface area contributed by atoms with Crippen LogP contribution in [0.5, 0.6) is 0 Å². The van der Waals surface area contributed by atoms with Crippen LogP contribution < -0.4 is 5.32 Å². The van der Waals surface area contributed by atoms with Crippen LogP contribution >= 0.6 is 11.6 Å². The van der Waals surface area contributed by atoms with E-state index < -0.39 is 0 Å². The number of hydrogen-bond donors (Lipinski definition) is 1. The summed E-state index contributed by atoms with van der Waals surface area (Å²) in [7, 11) is 3.76. The number of aromatic nitrogens is 2. The largest absolute Gasteiger partial charge is 0.372 e. The van der Waals surface area contributed by atoms with Gasteiger partial charge in [0.15, 0.2) is 0 Å². The molecule has 5 heteroatoms. The Labute approximate surface area is 82.9 Å². The van der Waals surface area contributed by atoms with Crippen molar-refractivity contribution in [2.75, 3.05) is 20.2 Å². The molecule has 13 heavy (non-hydrogen) atoms. The zero-order valence-electron chi connectivity index (χ0n) is 7.88. The second kappa shape index (κ2) is 5.21. The van der Waals surface area contributed by atoms with Crippen LogP contribution in [0.4, 0.5) is 0 Å². The fraction of sp³-hybridized carbons (Fsp3) is 0.625. The third-order valence-electron chi connectivity index (χ3n) is 1.76. The van der Waals surface area contributed by atoms with E-state index in [0.717, 1.165) is 12.4 Å². The van der Waals surface area contributed by atoms with Gasteiger partial charge in [-0.2, -0.15) is 0 Å². The number of nitrogens with zero attached hydrogens (tertiary/aromatic N) is 2. The van der Waals surface area contributed by atoms with Gasteiger partial charge in [0.1, 0.15) is 17.6 Å². The normalized spacial score (nSPS) is 10.7. The Balaban J connectivity index is 2.32. The van der Waals surface area contributed by atoms with Crippen molar-refractivity contribution >= 4 is 11.6 Å². The molecule has 0 amide bonds. The monoisotopic (exact) mass is 203 g/mol. The molecule has 0 aliphatic carbocycles. The minimum Gasteiger partial charge on any atom is -0.372 e. The summed E-state index contributed by atoms with van der Waals surface area (Å²) in [5.74, 6) is 0.848. The highest BCUT2D eigenvalue weighted by atomic mass is 35.5. The van der Waals surface area contributed by atoms with Crippen molar-refractivity contribution in [3.05, 3.63) is 17.2 Å². The number of imidazole rings is 1. The molecule has 0 unspecified atom stereocenters. The van der Waals surface area contributed by atoms with Gasteiger partial charge in [0, 0.05) is 13.6 Å². The van der Waals surface area contributed by atoms with Gasteiger partial charge in [-0.3, -0.25) is 0 Å². The molecule has 0 aliphatic heterocycles. The van der Waals surface area contributed by atoms with E-state index in [-0.39, 0.29) is 0 Å². The molecule has 1 rings (SSSR count). The number of rotatable bonds is 5. The first kappa shape index (κ1) is 10.5. The Morgan fingerprint density at radius 1 is 1.69 bits per heavy atom. The van der Waals surface area contributed by atoms with Crippen LogP contribution in [-0.2, 0) is 18.4 Å². The first-order valence-electron chi connectivity index (χ1n) is 4.14. The van der Waals surface area contributed by atoms with E-state index in [4.69, 9.17) is 16.3 Å². The lowest BCUT2D eigenvalue weighted by Crippen LogP contribution is -2.14. The summed E-state index contributed by atoms with van der Waals surface area (Å²) in [6.45, 7) is 2.03. The van der Waals surface area contributed by atoms with Crippen molar-refractivity contribution in [1.82, 2.24) is 14.9 Å². The molecule has 0 saturated carbocycles. The fourth-order valence-electron chi connectivity index (χ4n) is 0.896. The SMILES string of the molecule is CNCCOCc1ncc(Cl)n1C. The van der Waals surface area contributed by atoms with Gasteiger partial charge >= 0.3 is 0 Å². The van der Waals surface area contributed by atoms with Crippen LogP contribution in [0.3, 0.4) is 0 Å². The first-order valence-corrected chi connectivity index (χ1v) is 4.52. The van der Waals surface area contributed by atoms with E-state index in [0.29, 0.717) is 18.4 Å². The highest BCUT2D eigenvalue weighted by molar-refractivity contribution is 6.29. The molecule has 0 radical (unpaired) electrons. The minimum atomic E-state index is 0.505. The van der Waals surface area contributed by atoms with Crippen molar-refractivity contribution in [1.29, 1.82) is 0 Å². The summed E-state index contributed by atoms with van der Waals surface area (Å²) >= 11 is 5.80. The average molecular weight is 204 g/mol. The quantitative estimate of drug-likeness (QED) is 0.720. The molecule has 0 aliphatic rings. The molecular formula is C8H14ClN3O. The lowest BCUT2D eigenvalue weighted by Gasteiger charge is -2.03. The van der Waals surface area contributed by atoms with Crippen LogP contribution in [0.25, 0.3) is 0 Å². The van der Waals surface area contributed by atoms with Crippen LogP contribution in [0.15, 0.2) is 6.20 Å². The maximum Gasteiger partial charge on any atom is 0.135 e. The molecule has 0 atom stereocenters. The van der Waals surface area contributed by atoms with E-state index in [1.54, 1.807) is 10.8 Å². The molecule has 0 aromatic carbocycles. The number of nitrogens with one attached hydrogen (secondary N) is 1. The molecule has 1 aromatic heterocycles. The van der Waals surface area contributed by atoms with E-state index in [1.165, 1.54) is 0 Å². The average Bonchev–Trinajstić information content (AvgIpc) is 2.43. The zero-order chi connectivity index (χ0) is 9.68. The summed E-state index contributed by atoms with van der Waals surface area (Å²) in [6, 6.07) is 0. The van der Waals surface area contributed by atoms with Gasteiger partial charge in [0.2, 0.25) is 0 Å². The van der Waals surface area contributed by atoms with Crippen LogP contribution in [0, 0.1) is 0 Å². The summed E-state index contributed by atoms with van der Waals surface area (Å²) in [4.78, 5) is 4.10. The minimum absolute atomic E-state index is 0.505. The molecule has 0 bridgehead atoms. The van der Waals surface area contributed by atoms with Crippen molar-refractivity contribution < 1.29 is 4.74 Å². The van der Waals surface area contributed by atoms with E-state index >= 15 is 0 Å². The fourth-order valence-corrected chi connectivity index (χ4v) is 1.04. The summed E-state index contributed by atoms with van der Waals surface area (Å²) in [5.41, 5.74) is 0. The maximum absolute atomic E-state index is 5.80. The first-order chi connectivity index (χ1) is 6.25. The van der Waals surface area contributed by atoms with Crippen molar-refractivity contribution in [3.8, 4) is 0 Å². The highest BCUT2D eigenvalue weighted by Gasteiger charge is 2.03. The number of halogens is 1.